The number of ether oxygens (including phenoxy) is 1. The molecule has 0 aromatic carbocycles. The van der Waals surface area contributed by atoms with Gasteiger partial charge < -0.3 is 14.9 Å². The molecule has 0 aromatic heterocycles. The Labute approximate surface area is 141 Å². The van der Waals surface area contributed by atoms with Gasteiger partial charge >= 0.3 is 0 Å². The highest BCUT2D eigenvalue weighted by Gasteiger charge is 2.64. The Hall–Kier alpha value is -0.380. The van der Waals surface area contributed by atoms with E-state index in [-0.39, 0.29) is 35.1 Å². The van der Waals surface area contributed by atoms with E-state index in [4.69, 9.17) is 4.74 Å². The van der Waals surface area contributed by atoms with Crippen molar-refractivity contribution in [2.24, 2.45) is 22.7 Å². The van der Waals surface area contributed by atoms with Crippen molar-refractivity contribution in [3.8, 4) is 0 Å². The van der Waals surface area contributed by atoms with Gasteiger partial charge in [-0.25, -0.2) is 0 Å². The van der Waals surface area contributed by atoms with Crippen molar-refractivity contribution >= 4 is 0 Å². The van der Waals surface area contributed by atoms with Crippen molar-refractivity contribution < 1.29 is 14.9 Å². The SMILES string of the molecule is C=C[C@@]1(C)C[C@@H](O)[C@@H]2[C@@]3(C)CCC[C@@](C)(CO)[C@@H]3CC[C@@]2(C)O1. The summed E-state index contributed by atoms with van der Waals surface area (Å²) in [6.07, 6.45) is 7.47. The monoisotopic (exact) mass is 322 g/mol. The van der Waals surface area contributed by atoms with Crippen LogP contribution >= 0.6 is 0 Å². The van der Waals surface area contributed by atoms with Crippen LogP contribution in [0.2, 0.25) is 0 Å². The summed E-state index contributed by atoms with van der Waals surface area (Å²) in [6.45, 7) is 13.0. The maximum atomic E-state index is 11.1. The fraction of sp³-hybridized carbons (Fsp3) is 0.900. The molecule has 0 aromatic rings. The van der Waals surface area contributed by atoms with Gasteiger partial charge in [0.2, 0.25) is 0 Å². The molecule has 0 spiro atoms. The Morgan fingerprint density at radius 2 is 1.87 bits per heavy atom. The van der Waals surface area contributed by atoms with E-state index in [0.29, 0.717) is 12.3 Å². The molecular weight excluding hydrogens is 288 g/mol. The summed E-state index contributed by atoms with van der Waals surface area (Å²) in [6, 6.07) is 0. The minimum absolute atomic E-state index is 0.0206. The lowest BCUT2D eigenvalue weighted by molar-refractivity contribution is -0.286. The lowest BCUT2D eigenvalue weighted by atomic mass is 9.43. The molecule has 2 aliphatic carbocycles. The third kappa shape index (κ3) is 2.42. The average molecular weight is 322 g/mol. The van der Waals surface area contributed by atoms with Crippen molar-refractivity contribution in [3.05, 3.63) is 12.7 Å². The van der Waals surface area contributed by atoms with Crippen LogP contribution in [0.3, 0.4) is 0 Å². The molecule has 23 heavy (non-hydrogen) atoms. The molecule has 2 N–H and O–H groups in total. The first-order valence-electron chi connectivity index (χ1n) is 9.25. The van der Waals surface area contributed by atoms with Gasteiger partial charge in [-0.3, -0.25) is 0 Å². The van der Waals surface area contributed by atoms with E-state index >= 15 is 0 Å². The molecule has 3 fully saturated rings. The van der Waals surface area contributed by atoms with Gasteiger partial charge in [-0.05, 0) is 56.3 Å². The first-order chi connectivity index (χ1) is 10.6. The van der Waals surface area contributed by atoms with Crippen LogP contribution in [0.1, 0.15) is 66.2 Å². The molecule has 3 heteroatoms. The maximum absolute atomic E-state index is 11.1. The fourth-order valence-electron chi connectivity index (χ4n) is 6.73. The summed E-state index contributed by atoms with van der Waals surface area (Å²) >= 11 is 0. The molecular formula is C20H34O3. The van der Waals surface area contributed by atoms with Crippen LogP contribution in [0.5, 0.6) is 0 Å². The molecule has 1 aliphatic heterocycles. The smallest absolute Gasteiger partial charge is 0.0864 e. The van der Waals surface area contributed by atoms with Gasteiger partial charge in [0.05, 0.1) is 17.3 Å². The minimum atomic E-state index is -0.442. The molecule has 0 bridgehead atoms. The van der Waals surface area contributed by atoms with Crippen LogP contribution in [0.15, 0.2) is 12.7 Å². The zero-order chi connectivity index (χ0) is 17.1. The average Bonchev–Trinajstić information content (AvgIpc) is 2.45. The summed E-state index contributed by atoms with van der Waals surface area (Å²) in [4.78, 5) is 0. The summed E-state index contributed by atoms with van der Waals surface area (Å²) in [5.41, 5.74) is -0.736. The zero-order valence-corrected chi connectivity index (χ0v) is 15.3. The molecule has 1 saturated heterocycles. The summed E-state index contributed by atoms with van der Waals surface area (Å²) in [5, 5.41) is 21.1. The summed E-state index contributed by atoms with van der Waals surface area (Å²) in [7, 11) is 0. The van der Waals surface area contributed by atoms with Crippen molar-refractivity contribution in [2.75, 3.05) is 6.61 Å². The first kappa shape index (κ1) is 17.4. The highest BCUT2D eigenvalue weighted by Crippen LogP contribution is 2.65. The van der Waals surface area contributed by atoms with Gasteiger partial charge in [-0.2, -0.15) is 0 Å². The number of hydrogen-bond acceptors (Lipinski definition) is 3. The lowest BCUT2D eigenvalue weighted by Crippen LogP contribution is -2.67. The Morgan fingerprint density at radius 3 is 2.48 bits per heavy atom. The van der Waals surface area contributed by atoms with Crippen LogP contribution in [-0.4, -0.2) is 34.1 Å². The van der Waals surface area contributed by atoms with E-state index in [1.807, 2.05) is 13.0 Å². The standard InChI is InChI=1S/C20H34O3/c1-6-18(3)12-14(22)16-19(4)10-7-9-17(2,13-21)15(19)8-11-20(16,5)23-18/h6,14-16,21-22H,1,7-13H2,2-5H3/t14-,15+,16-,17+,18+,19+,20-/m1/s1. The molecule has 3 rings (SSSR count). The van der Waals surface area contributed by atoms with E-state index < -0.39 is 5.60 Å². The summed E-state index contributed by atoms with van der Waals surface area (Å²) in [5.74, 6) is 0.589. The van der Waals surface area contributed by atoms with Gasteiger partial charge in [-0.15, -0.1) is 6.58 Å². The Balaban J connectivity index is 2.01. The number of rotatable bonds is 2. The van der Waals surface area contributed by atoms with Gasteiger partial charge in [0.15, 0.2) is 0 Å². The minimum Gasteiger partial charge on any atom is -0.396 e. The Morgan fingerprint density at radius 1 is 1.17 bits per heavy atom. The second kappa shape index (κ2) is 5.31. The first-order valence-corrected chi connectivity index (χ1v) is 9.25. The zero-order valence-electron chi connectivity index (χ0n) is 15.3. The second-order valence-electron chi connectivity index (χ2n) is 9.44. The predicted molar refractivity (Wildman–Crippen MR) is 92.1 cm³/mol. The predicted octanol–water partition coefficient (Wildman–Crippen LogP) is 3.69. The molecule has 1 heterocycles. The van der Waals surface area contributed by atoms with Crippen LogP contribution in [-0.2, 0) is 4.74 Å². The molecule has 3 nitrogen and oxygen atoms in total. The van der Waals surface area contributed by atoms with E-state index in [0.717, 1.165) is 32.1 Å². The molecule has 3 aliphatic rings. The number of aliphatic hydroxyl groups is 2. The number of aliphatic hydroxyl groups excluding tert-OH is 2. The van der Waals surface area contributed by atoms with E-state index in [1.54, 1.807) is 0 Å². The van der Waals surface area contributed by atoms with E-state index in [1.165, 1.54) is 0 Å². The molecule has 0 amide bonds. The van der Waals surface area contributed by atoms with Crippen LogP contribution in [0.25, 0.3) is 0 Å². The van der Waals surface area contributed by atoms with Gasteiger partial charge in [0.25, 0.3) is 0 Å². The molecule has 0 radical (unpaired) electrons. The molecule has 7 atom stereocenters. The second-order valence-corrected chi connectivity index (χ2v) is 9.44. The van der Waals surface area contributed by atoms with E-state index in [2.05, 4.69) is 27.4 Å². The topological polar surface area (TPSA) is 49.7 Å². The largest absolute Gasteiger partial charge is 0.396 e. The normalized spacial score (nSPS) is 56.5. The molecule has 132 valence electrons. The van der Waals surface area contributed by atoms with Gasteiger partial charge in [0, 0.05) is 18.9 Å². The Bertz CT molecular complexity index is 491. The van der Waals surface area contributed by atoms with E-state index in [9.17, 15) is 10.2 Å². The Kier molecular flexibility index (Phi) is 4.02. The summed E-state index contributed by atoms with van der Waals surface area (Å²) < 4.78 is 6.56. The van der Waals surface area contributed by atoms with Gasteiger partial charge in [0.1, 0.15) is 0 Å². The van der Waals surface area contributed by atoms with Gasteiger partial charge in [-0.1, -0.05) is 26.3 Å². The highest BCUT2D eigenvalue weighted by atomic mass is 16.5. The van der Waals surface area contributed by atoms with Crippen LogP contribution in [0, 0.1) is 22.7 Å². The lowest BCUT2D eigenvalue weighted by Gasteiger charge is -2.66. The fourth-order valence-corrected chi connectivity index (χ4v) is 6.73. The van der Waals surface area contributed by atoms with Crippen molar-refractivity contribution in [2.45, 2.75) is 83.5 Å². The van der Waals surface area contributed by atoms with Crippen LogP contribution < -0.4 is 0 Å². The van der Waals surface area contributed by atoms with Crippen molar-refractivity contribution in [3.63, 3.8) is 0 Å². The number of fused-ring (bicyclic) bond motifs is 3. The highest BCUT2D eigenvalue weighted by molar-refractivity contribution is 5.15. The van der Waals surface area contributed by atoms with Crippen molar-refractivity contribution in [1.29, 1.82) is 0 Å². The van der Waals surface area contributed by atoms with Crippen molar-refractivity contribution in [1.82, 2.24) is 0 Å². The molecule has 2 saturated carbocycles. The third-order valence-corrected chi connectivity index (χ3v) is 7.66. The van der Waals surface area contributed by atoms with Crippen LogP contribution in [0.4, 0.5) is 0 Å². The quantitative estimate of drug-likeness (QED) is 0.762. The third-order valence-electron chi connectivity index (χ3n) is 7.66. The number of hydrogen-bond donors (Lipinski definition) is 2. The molecule has 0 unspecified atom stereocenters. The maximum Gasteiger partial charge on any atom is 0.0864 e.